The first-order valence-electron chi connectivity index (χ1n) is 10.2. The van der Waals surface area contributed by atoms with Crippen molar-refractivity contribution >= 4 is 34.0 Å². The van der Waals surface area contributed by atoms with Crippen LogP contribution in [0, 0.1) is 40.4 Å². The molecule has 7 heteroatoms. The molecule has 0 aliphatic carbocycles. The number of hydrogen-bond donors (Lipinski definition) is 1. The molecule has 0 spiro atoms. The van der Waals surface area contributed by atoms with Gasteiger partial charge in [-0.05, 0) is 75.1 Å². The summed E-state index contributed by atoms with van der Waals surface area (Å²) in [4.78, 5) is 10.4. The maximum absolute atomic E-state index is 14.8. The van der Waals surface area contributed by atoms with E-state index in [-0.39, 0.29) is 5.82 Å². The standard InChI is InChI=1S/C24H27FN6/c1-13-8-15(3)20(10-14(13)2)27-24-26-12-19(25)23(28-24)30(6)21-11-22-18(9-16(21)4)17(5)29-31(22)7/h8-12H,1-7H3,(H,26,27,28). The van der Waals surface area contributed by atoms with Gasteiger partial charge in [-0.15, -0.1) is 0 Å². The molecule has 0 amide bonds. The van der Waals surface area contributed by atoms with Crippen LogP contribution in [0.25, 0.3) is 10.9 Å². The van der Waals surface area contributed by atoms with Gasteiger partial charge >= 0.3 is 0 Å². The van der Waals surface area contributed by atoms with E-state index in [2.05, 4.69) is 52.4 Å². The highest BCUT2D eigenvalue weighted by Gasteiger charge is 2.18. The number of nitrogens with zero attached hydrogens (tertiary/aromatic N) is 5. The highest BCUT2D eigenvalue weighted by Crippen LogP contribution is 2.32. The summed E-state index contributed by atoms with van der Waals surface area (Å²) in [6.45, 7) is 10.2. The Labute approximate surface area is 181 Å². The predicted octanol–water partition coefficient (Wildman–Crippen LogP) is 5.56. The Morgan fingerprint density at radius 1 is 0.935 bits per heavy atom. The normalized spacial score (nSPS) is 11.2. The molecule has 4 rings (SSSR count). The number of aromatic nitrogens is 4. The Balaban J connectivity index is 1.73. The minimum Gasteiger partial charge on any atom is -0.327 e. The van der Waals surface area contributed by atoms with Crippen LogP contribution >= 0.6 is 0 Å². The highest BCUT2D eigenvalue weighted by atomic mass is 19.1. The summed E-state index contributed by atoms with van der Waals surface area (Å²) in [5.74, 6) is 0.0792. The van der Waals surface area contributed by atoms with Crippen molar-refractivity contribution in [3.63, 3.8) is 0 Å². The molecule has 2 aromatic carbocycles. The third-order valence-electron chi connectivity index (χ3n) is 5.84. The van der Waals surface area contributed by atoms with Gasteiger partial charge in [0.25, 0.3) is 0 Å². The van der Waals surface area contributed by atoms with E-state index in [1.807, 2.05) is 45.6 Å². The van der Waals surface area contributed by atoms with Crippen molar-refractivity contribution in [2.45, 2.75) is 34.6 Å². The summed E-state index contributed by atoms with van der Waals surface area (Å²) < 4.78 is 16.6. The monoisotopic (exact) mass is 418 g/mol. The summed E-state index contributed by atoms with van der Waals surface area (Å²) in [5.41, 5.74) is 8.22. The molecule has 31 heavy (non-hydrogen) atoms. The number of rotatable bonds is 4. The molecular weight excluding hydrogens is 391 g/mol. The lowest BCUT2D eigenvalue weighted by molar-refractivity contribution is 0.614. The fourth-order valence-corrected chi connectivity index (χ4v) is 3.92. The van der Waals surface area contributed by atoms with Gasteiger partial charge in [-0.25, -0.2) is 9.37 Å². The van der Waals surface area contributed by atoms with Crippen LogP contribution in [-0.2, 0) is 7.05 Å². The van der Waals surface area contributed by atoms with E-state index in [9.17, 15) is 4.39 Å². The van der Waals surface area contributed by atoms with Crippen LogP contribution in [0.5, 0.6) is 0 Å². The molecular formula is C24H27FN6. The maximum Gasteiger partial charge on any atom is 0.229 e. The fraction of sp³-hybridized carbons (Fsp3) is 0.292. The predicted molar refractivity (Wildman–Crippen MR) is 124 cm³/mol. The van der Waals surface area contributed by atoms with Gasteiger partial charge in [0.2, 0.25) is 5.95 Å². The SMILES string of the molecule is Cc1cc(C)c(Nc2ncc(F)c(N(C)c3cc4c(cc3C)c(C)nn4C)n2)cc1C. The van der Waals surface area contributed by atoms with Gasteiger partial charge in [0.05, 0.1) is 17.4 Å². The molecule has 0 aliphatic heterocycles. The van der Waals surface area contributed by atoms with Crippen LogP contribution in [0.2, 0.25) is 0 Å². The first-order valence-corrected chi connectivity index (χ1v) is 10.2. The van der Waals surface area contributed by atoms with Gasteiger partial charge in [0.1, 0.15) is 0 Å². The lowest BCUT2D eigenvalue weighted by atomic mass is 10.1. The number of anilines is 4. The fourth-order valence-electron chi connectivity index (χ4n) is 3.92. The first kappa shape index (κ1) is 20.8. The van der Waals surface area contributed by atoms with E-state index < -0.39 is 5.82 Å². The molecule has 0 saturated heterocycles. The molecule has 2 aromatic heterocycles. The number of benzene rings is 2. The van der Waals surface area contributed by atoms with Crippen LogP contribution < -0.4 is 10.2 Å². The number of hydrogen-bond acceptors (Lipinski definition) is 5. The molecule has 4 aromatic rings. The van der Waals surface area contributed by atoms with Crippen molar-refractivity contribution < 1.29 is 4.39 Å². The Bertz CT molecular complexity index is 1310. The largest absolute Gasteiger partial charge is 0.327 e. The van der Waals surface area contributed by atoms with Crippen LogP contribution in [0.3, 0.4) is 0 Å². The zero-order valence-corrected chi connectivity index (χ0v) is 19.0. The average Bonchev–Trinajstić information content (AvgIpc) is 2.99. The molecule has 0 aliphatic rings. The van der Waals surface area contributed by atoms with Gasteiger partial charge < -0.3 is 10.2 Å². The third kappa shape index (κ3) is 3.71. The summed E-state index contributed by atoms with van der Waals surface area (Å²) >= 11 is 0. The van der Waals surface area contributed by atoms with E-state index >= 15 is 0 Å². The number of halogens is 1. The smallest absolute Gasteiger partial charge is 0.229 e. The molecule has 160 valence electrons. The van der Waals surface area contributed by atoms with Crippen LogP contribution in [0.1, 0.15) is 27.9 Å². The lowest BCUT2D eigenvalue weighted by Crippen LogP contribution is -2.16. The maximum atomic E-state index is 14.8. The lowest BCUT2D eigenvalue weighted by Gasteiger charge is -2.22. The summed E-state index contributed by atoms with van der Waals surface area (Å²) in [6, 6.07) is 8.28. The van der Waals surface area contributed by atoms with E-state index in [1.165, 1.54) is 17.3 Å². The van der Waals surface area contributed by atoms with Crippen LogP contribution in [0.4, 0.5) is 27.5 Å². The molecule has 0 fully saturated rings. The zero-order valence-electron chi connectivity index (χ0n) is 19.0. The Hall–Kier alpha value is -3.48. The van der Waals surface area contributed by atoms with Gasteiger partial charge in [-0.2, -0.15) is 10.1 Å². The molecule has 2 heterocycles. The van der Waals surface area contributed by atoms with Crippen molar-refractivity contribution in [2.24, 2.45) is 7.05 Å². The Morgan fingerprint density at radius 3 is 2.39 bits per heavy atom. The summed E-state index contributed by atoms with van der Waals surface area (Å²) in [7, 11) is 3.72. The Morgan fingerprint density at radius 2 is 1.65 bits per heavy atom. The quantitative estimate of drug-likeness (QED) is 0.470. The molecule has 1 N–H and O–H groups in total. The second-order valence-corrected chi connectivity index (χ2v) is 8.17. The topological polar surface area (TPSA) is 58.9 Å². The molecule has 0 saturated carbocycles. The molecule has 0 unspecified atom stereocenters. The molecule has 0 bridgehead atoms. The second kappa shape index (κ2) is 7.65. The molecule has 6 nitrogen and oxygen atoms in total. The summed E-state index contributed by atoms with van der Waals surface area (Å²) in [6.07, 6.45) is 1.21. The average molecular weight is 419 g/mol. The minimum atomic E-state index is -0.481. The van der Waals surface area contributed by atoms with E-state index in [1.54, 1.807) is 4.90 Å². The van der Waals surface area contributed by atoms with Gasteiger partial charge in [-0.3, -0.25) is 4.68 Å². The van der Waals surface area contributed by atoms with Gasteiger partial charge in [-0.1, -0.05) is 6.07 Å². The van der Waals surface area contributed by atoms with E-state index in [0.717, 1.165) is 39.1 Å². The van der Waals surface area contributed by atoms with E-state index in [4.69, 9.17) is 0 Å². The van der Waals surface area contributed by atoms with Gasteiger partial charge in [0, 0.05) is 30.9 Å². The molecule has 0 radical (unpaired) electrons. The van der Waals surface area contributed by atoms with Crippen molar-refractivity contribution in [3.8, 4) is 0 Å². The van der Waals surface area contributed by atoms with Crippen molar-refractivity contribution in [1.29, 1.82) is 0 Å². The Kier molecular flexibility index (Phi) is 5.13. The second-order valence-electron chi connectivity index (χ2n) is 8.17. The van der Waals surface area contributed by atoms with Crippen LogP contribution in [0.15, 0.2) is 30.5 Å². The van der Waals surface area contributed by atoms with Crippen molar-refractivity contribution in [2.75, 3.05) is 17.3 Å². The minimum absolute atomic E-state index is 0.209. The van der Waals surface area contributed by atoms with Crippen LogP contribution in [-0.4, -0.2) is 26.8 Å². The van der Waals surface area contributed by atoms with Crippen molar-refractivity contribution in [1.82, 2.24) is 19.7 Å². The van der Waals surface area contributed by atoms with Gasteiger partial charge in [0.15, 0.2) is 11.6 Å². The van der Waals surface area contributed by atoms with Crippen molar-refractivity contribution in [3.05, 3.63) is 64.2 Å². The number of fused-ring (bicyclic) bond motifs is 1. The zero-order chi connectivity index (χ0) is 22.4. The first-order chi connectivity index (χ1) is 14.7. The third-order valence-corrected chi connectivity index (χ3v) is 5.84. The summed E-state index contributed by atoms with van der Waals surface area (Å²) in [5, 5.41) is 8.82. The molecule has 0 atom stereocenters. The number of aryl methyl sites for hydroxylation is 6. The number of nitrogens with one attached hydrogen (secondary N) is 1. The van der Waals surface area contributed by atoms with E-state index in [0.29, 0.717) is 5.95 Å². The highest BCUT2D eigenvalue weighted by molar-refractivity contribution is 5.87.